The second-order valence-corrected chi connectivity index (χ2v) is 4.57. The van der Waals surface area contributed by atoms with Crippen molar-refractivity contribution in [2.45, 2.75) is 25.4 Å². The molecule has 1 rings (SSSR count). The summed E-state index contributed by atoms with van der Waals surface area (Å²) in [6.45, 7) is 6.44. The molecular formula is C11H22N4. The van der Waals surface area contributed by atoms with Gasteiger partial charge in [0.05, 0.1) is 12.5 Å². The van der Waals surface area contributed by atoms with Crippen molar-refractivity contribution in [3.63, 3.8) is 0 Å². The number of piperazine rings is 1. The summed E-state index contributed by atoms with van der Waals surface area (Å²) < 4.78 is 0. The predicted octanol–water partition coefficient (Wildman–Crippen LogP) is 0.124. The molecule has 2 unspecified atom stereocenters. The van der Waals surface area contributed by atoms with Crippen LogP contribution in [0.2, 0.25) is 0 Å². The molecule has 0 saturated carbocycles. The Kier molecular flexibility index (Phi) is 5.03. The van der Waals surface area contributed by atoms with Gasteiger partial charge >= 0.3 is 0 Å². The van der Waals surface area contributed by atoms with Gasteiger partial charge in [-0.25, -0.2) is 0 Å². The van der Waals surface area contributed by atoms with Crippen LogP contribution in [0.15, 0.2) is 0 Å². The third-order valence-electron chi connectivity index (χ3n) is 3.08. The van der Waals surface area contributed by atoms with Gasteiger partial charge in [-0.15, -0.1) is 0 Å². The maximum absolute atomic E-state index is 8.56. The van der Waals surface area contributed by atoms with Gasteiger partial charge in [0.1, 0.15) is 0 Å². The zero-order valence-electron chi connectivity index (χ0n) is 10.0. The molecule has 0 aromatic heterocycles. The minimum absolute atomic E-state index is 0.302. The van der Waals surface area contributed by atoms with Crippen LogP contribution in [0, 0.1) is 11.3 Å². The first kappa shape index (κ1) is 12.4. The first-order valence-corrected chi connectivity index (χ1v) is 5.62. The fraction of sp³-hybridized carbons (Fsp3) is 0.909. The van der Waals surface area contributed by atoms with E-state index in [1.54, 1.807) is 0 Å². The summed E-state index contributed by atoms with van der Waals surface area (Å²) in [5, 5.41) is 12.0. The summed E-state index contributed by atoms with van der Waals surface area (Å²) in [5.74, 6) is 0. The molecule has 0 spiro atoms. The van der Waals surface area contributed by atoms with Crippen molar-refractivity contribution in [3.05, 3.63) is 0 Å². The largest absolute Gasteiger partial charge is 0.312 e. The summed E-state index contributed by atoms with van der Waals surface area (Å²) in [7, 11) is 4.34. The number of hydrogen-bond donors (Lipinski definition) is 1. The van der Waals surface area contributed by atoms with Crippen LogP contribution in [0.4, 0.5) is 0 Å². The number of nitrogens with zero attached hydrogens (tertiary/aromatic N) is 3. The molecule has 0 bridgehead atoms. The van der Waals surface area contributed by atoms with Crippen LogP contribution in [-0.4, -0.2) is 62.2 Å². The number of nitrogens with one attached hydrogen (secondary N) is 1. The van der Waals surface area contributed by atoms with Crippen molar-refractivity contribution in [2.75, 3.05) is 40.3 Å². The van der Waals surface area contributed by atoms with Crippen molar-refractivity contribution in [1.29, 1.82) is 5.26 Å². The van der Waals surface area contributed by atoms with E-state index in [2.05, 4.69) is 42.2 Å². The maximum atomic E-state index is 8.56. The Hall–Kier alpha value is -0.630. The third kappa shape index (κ3) is 4.17. The second-order valence-electron chi connectivity index (χ2n) is 4.57. The number of rotatable bonds is 4. The van der Waals surface area contributed by atoms with Crippen molar-refractivity contribution in [2.24, 2.45) is 0 Å². The molecule has 1 fully saturated rings. The van der Waals surface area contributed by atoms with Gasteiger partial charge in [-0.2, -0.15) is 5.26 Å². The second kappa shape index (κ2) is 6.06. The molecule has 0 aliphatic carbocycles. The van der Waals surface area contributed by atoms with E-state index < -0.39 is 0 Å². The molecule has 0 radical (unpaired) electrons. The lowest BCUT2D eigenvalue weighted by molar-refractivity contribution is 0.112. The van der Waals surface area contributed by atoms with Crippen molar-refractivity contribution < 1.29 is 0 Å². The molecule has 0 aromatic carbocycles. The SMILES string of the molecule is CC(CC#N)NCC1CN(C)CCN1C. The molecular weight excluding hydrogens is 188 g/mol. The van der Waals surface area contributed by atoms with Gasteiger partial charge in [-0.05, 0) is 21.0 Å². The van der Waals surface area contributed by atoms with E-state index in [0.29, 0.717) is 18.5 Å². The molecule has 4 heteroatoms. The molecule has 1 aliphatic rings. The summed E-state index contributed by atoms with van der Waals surface area (Å²) in [6, 6.07) is 3.06. The molecule has 4 nitrogen and oxygen atoms in total. The van der Waals surface area contributed by atoms with Crippen LogP contribution in [0.1, 0.15) is 13.3 Å². The molecule has 86 valence electrons. The van der Waals surface area contributed by atoms with Crippen LogP contribution in [-0.2, 0) is 0 Å². The topological polar surface area (TPSA) is 42.3 Å². The predicted molar refractivity (Wildman–Crippen MR) is 61.6 cm³/mol. The van der Waals surface area contributed by atoms with E-state index in [4.69, 9.17) is 5.26 Å². The Morgan fingerprint density at radius 2 is 2.20 bits per heavy atom. The minimum atomic E-state index is 0.302. The van der Waals surface area contributed by atoms with Crippen molar-refractivity contribution in [3.8, 4) is 6.07 Å². The van der Waals surface area contributed by atoms with E-state index in [0.717, 1.165) is 26.2 Å². The maximum Gasteiger partial charge on any atom is 0.0638 e. The van der Waals surface area contributed by atoms with E-state index >= 15 is 0 Å². The van der Waals surface area contributed by atoms with E-state index in [9.17, 15) is 0 Å². The summed E-state index contributed by atoms with van der Waals surface area (Å²) in [4.78, 5) is 4.76. The molecule has 1 aliphatic heterocycles. The van der Waals surface area contributed by atoms with Gasteiger partial charge in [0.2, 0.25) is 0 Å². The van der Waals surface area contributed by atoms with Crippen molar-refractivity contribution >= 4 is 0 Å². The molecule has 1 N–H and O–H groups in total. The van der Waals surface area contributed by atoms with Gasteiger partial charge in [0.25, 0.3) is 0 Å². The Labute approximate surface area is 92.8 Å². The standard InChI is InChI=1S/C11H22N4/c1-10(4-5-12)13-8-11-9-14(2)6-7-15(11)3/h10-11,13H,4,6-9H2,1-3H3. The van der Waals surface area contributed by atoms with Gasteiger partial charge in [-0.3, -0.25) is 4.90 Å². The zero-order valence-corrected chi connectivity index (χ0v) is 10.0. The average molecular weight is 210 g/mol. The highest BCUT2D eigenvalue weighted by molar-refractivity contribution is 4.83. The summed E-state index contributed by atoms with van der Waals surface area (Å²) >= 11 is 0. The van der Waals surface area contributed by atoms with Gasteiger partial charge < -0.3 is 10.2 Å². The highest BCUT2D eigenvalue weighted by atomic mass is 15.3. The van der Waals surface area contributed by atoms with Gasteiger partial charge in [0, 0.05) is 38.3 Å². The molecule has 1 saturated heterocycles. The average Bonchev–Trinajstić information content (AvgIpc) is 2.20. The fourth-order valence-electron chi connectivity index (χ4n) is 1.87. The lowest BCUT2D eigenvalue weighted by Gasteiger charge is -2.38. The lowest BCUT2D eigenvalue weighted by atomic mass is 10.1. The first-order valence-electron chi connectivity index (χ1n) is 5.62. The van der Waals surface area contributed by atoms with Gasteiger partial charge in [-0.1, -0.05) is 0 Å². The number of nitriles is 1. The highest BCUT2D eigenvalue weighted by Crippen LogP contribution is 2.05. The number of hydrogen-bond acceptors (Lipinski definition) is 4. The smallest absolute Gasteiger partial charge is 0.0638 e. The number of likely N-dealkylation sites (N-methyl/N-ethyl adjacent to an activating group) is 2. The van der Waals surface area contributed by atoms with E-state index in [-0.39, 0.29) is 0 Å². The quantitative estimate of drug-likeness (QED) is 0.716. The van der Waals surface area contributed by atoms with Crippen LogP contribution in [0.5, 0.6) is 0 Å². The summed E-state index contributed by atoms with van der Waals surface area (Å²) in [6.07, 6.45) is 0.590. The molecule has 1 heterocycles. The monoisotopic (exact) mass is 210 g/mol. The molecule has 0 aromatic rings. The zero-order chi connectivity index (χ0) is 11.3. The summed E-state index contributed by atoms with van der Waals surface area (Å²) in [5.41, 5.74) is 0. The third-order valence-corrected chi connectivity index (χ3v) is 3.08. The van der Waals surface area contributed by atoms with E-state index in [1.807, 2.05) is 0 Å². The van der Waals surface area contributed by atoms with E-state index in [1.165, 1.54) is 0 Å². The Morgan fingerprint density at radius 3 is 2.87 bits per heavy atom. The first-order chi connectivity index (χ1) is 7.13. The lowest BCUT2D eigenvalue weighted by Crippen LogP contribution is -2.54. The van der Waals surface area contributed by atoms with Crippen LogP contribution in [0.25, 0.3) is 0 Å². The van der Waals surface area contributed by atoms with Crippen LogP contribution < -0.4 is 5.32 Å². The molecule has 2 atom stereocenters. The molecule has 15 heavy (non-hydrogen) atoms. The van der Waals surface area contributed by atoms with Gasteiger partial charge in [0.15, 0.2) is 0 Å². The minimum Gasteiger partial charge on any atom is -0.312 e. The van der Waals surface area contributed by atoms with Crippen LogP contribution >= 0.6 is 0 Å². The van der Waals surface area contributed by atoms with Crippen molar-refractivity contribution in [1.82, 2.24) is 15.1 Å². The Morgan fingerprint density at radius 1 is 1.47 bits per heavy atom. The van der Waals surface area contributed by atoms with Crippen LogP contribution in [0.3, 0.4) is 0 Å². The highest BCUT2D eigenvalue weighted by Gasteiger charge is 2.21. The Balaban J connectivity index is 2.27. The normalized spacial score (nSPS) is 26.1. The fourth-order valence-corrected chi connectivity index (χ4v) is 1.87. The molecule has 0 amide bonds. The Bertz CT molecular complexity index is 223.